The van der Waals surface area contributed by atoms with Crippen molar-refractivity contribution >= 4 is 17.9 Å². The molecule has 0 amide bonds. The summed E-state index contributed by atoms with van der Waals surface area (Å²) in [4.78, 5) is 14.9. The van der Waals surface area contributed by atoms with Crippen molar-refractivity contribution in [2.45, 2.75) is 50.5 Å². The van der Waals surface area contributed by atoms with Crippen LogP contribution in [-0.2, 0) is 4.79 Å². The number of rotatable bonds is 6. The Bertz CT molecular complexity index is 618. The minimum Gasteiger partial charge on any atom is -0.476 e. The fourth-order valence-corrected chi connectivity index (χ4v) is 4.06. The van der Waals surface area contributed by atoms with Crippen molar-refractivity contribution < 1.29 is 14.3 Å². The molecule has 3 rings (SSSR count). The van der Waals surface area contributed by atoms with Crippen molar-refractivity contribution in [2.24, 2.45) is 5.92 Å². The molecule has 1 aliphatic carbocycles. The molecule has 136 valence electrons. The van der Waals surface area contributed by atoms with Crippen LogP contribution in [0.25, 0.3) is 6.08 Å². The van der Waals surface area contributed by atoms with Crippen molar-refractivity contribution in [2.75, 3.05) is 18.4 Å². The Labute approximate surface area is 147 Å². The molecule has 2 aliphatic rings. The van der Waals surface area contributed by atoms with Crippen LogP contribution in [0.4, 0.5) is 10.2 Å². The second-order valence-electron chi connectivity index (χ2n) is 7.31. The van der Waals surface area contributed by atoms with Crippen molar-refractivity contribution in [1.82, 2.24) is 10.3 Å². The number of aromatic nitrogens is 1. The van der Waals surface area contributed by atoms with E-state index in [1.54, 1.807) is 12.1 Å². The Kier molecular flexibility index (Phi) is 5.68. The van der Waals surface area contributed by atoms with Gasteiger partial charge in [-0.05, 0) is 49.1 Å². The van der Waals surface area contributed by atoms with E-state index >= 15 is 0 Å². The first-order chi connectivity index (χ1) is 12.1. The van der Waals surface area contributed by atoms with Crippen LogP contribution in [0.15, 0.2) is 24.2 Å². The molecule has 2 heterocycles. The molecular formula is C19H26FN3O2. The van der Waals surface area contributed by atoms with Gasteiger partial charge in [-0.2, -0.15) is 4.39 Å². The molecule has 1 atom stereocenters. The summed E-state index contributed by atoms with van der Waals surface area (Å²) in [6, 6.07) is 3.48. The summed E-state index contributed by atoms with van der Waals surface area (Å²) in [6.45, 7) is 1.94. The zero-order chi connectivity index (χ0) is 17.7. The highest BCUT2D eigenvalue weighted by Crippen LogP contribution is 2.35. The predicted octanol–water partition coefficient (Wildman–Crippen LogP) is 3.59. The maximum absolute atomic E-state index is 13.2. The summed E-state index contributed by atoms with van der Waals surface area (Å²) < 4.78 is 13.2. The maximum Gasteiger partial charge on any atom is 0.364 e. The molecule has 5 nitrogen and oxygen atoms in total. The van der Waals surface area contributed by atoms with Gasteiger partial charge in [0.15, 0.2) is 0 Å². The number of halogens is 1. The summed E-state index contributed by atoms with van der Waals surface area (Å²) in [5.41, 5.74) is 0.468. The molecule has 0 bridgehead atoms. The van der Waals surface area contributed by atoms with Gasteiger partial charge >= 0.3 is 5.97 Å². The molecule has 1 aliphatic heterocycles. The van der Waals surface area contributed by atoms with Crippen LogP contribution in [0.5, 0.6) is 0 Å². The molecule has 6 heteroatoms. The van der Waals surface area contributed by atoms with Gasteiger partial charge in [0.2, 0.25) is 5.83 Å². The zero-order valence-corrected chi connectivity index (χ0v) is 14.4. The Hall–Kier alpha value is -1.95. The highest BCUT2D eigenvalue weighted by Gasteiger charge is 2.36. The highest BCUT2D eigenvalue weighted by atomic mass is 19.1. The topological polar surface area (TPSA) is 74.2 Å². The van der Waals surface area contributed by atoms with Crippen molar-refractivity contribution in [3.8, 4) is 0 Å². The third kappa shape index (κ3) is 4.78. The zero-order valence-electron chi connectivity index (χ0n) is 14.4. The summed E-state index contributed by atoms with van der Waals surface area (Å²) in [5, 5.41) is 15.7. The lowest BCUT2D eigenvalue weighted by Crippen LogP contribution is -2.42. The van der Waals surface area contributed by atoms with Crippen molar-refractivity contribution in [3.05, 3.63) is 29.7 Å². The van der Waals surface area contributed by atoms with Gasteiger partial charge in [-0.25, -0.2) is 9.78 Å². The molecule has 25 heavy (non-hydrogen) atoms. The normalized spacial score (nSPS) is 25.1. The smallest absolute Gasteiger partial charge is 0.364 e. The molecule has 1 saturated carbocycles. The maximum atomic E-state index is 13.2. The minimum atomic E-state index is -1.56. The number of nitrogens with one attached hydrogen (secondary N) is 2. The van der Waals surface area contributed by atoms with Gasteiger partial charge in [0.25, 0.3) is 0 Å². The molecular weight excluding hydrogens is 321 g/mol. The first-order valence-corrected chi connectivity index (χ1v) is 9.12. The Morgan fingerprint density at radius 3 is 2.80 bits per heavy atom. The van der Waals surface area contributed by atoms with E-state index in [-0.39, 0.29) is 5.54 Å². The standard InChI is InChI=1S/C19H26FN3O2/c20-16(18(24)25)10-15-6-7-17(22-12-15)23-19(8-9-21-13-19)11-14-4-2-1-3-5-14/h6-7,10,12,14,21H,1-5,8-9,11,13H2,(H,22,23)(H,24,25)/b16-10+/t19-/m0/s1. The molecule has 3 N–H and O–H groups in total. The summed E-state index contributed by atoms with van der Waals surface area (Å²) >= 11 is 0. The number of aliphatic carboxylic acids is 1. The quantitative estimate of drug-likeness (QED) is 0.686. The second kappa shape index (κ2) is 7.95. The van der Waals surface area contributed by atoms with E-state index in [2.05, 4.69) is 15.6 Å². The van der Waals surface area contributed by atoms with E-state index in [1.165, 1.54) is 38.3 Å². The SMILES string of the molecule is O=C(O)/C(F)=C\c1ccc(N[C@]2(CC3CCCCC3)CCNC2)nc1. The lowest BCUT2D eigenvalue weighted by molar-refractivity contribution is -0.134. The number of carboxylic acid groups (broad SMARTS) is 1. The van der Waals surface area contributed by atoms with Gasteiger partial charge in [-0.3, -0.25) is 0 Å². The van der Waals surface area contributed by atoms with Crippen molar-refractivity contribution in [3.63, 3.8) is 0 Å². The van der Waals surface area contributed by atoms with E-state index in [4.69, 9.17) is 5.11 Å². The van der Waals surface area contributed by atoms with Crippen molar-refractivity contribution in [1.29, 1.82) is 0 Å². The number of pyridine rings is 1. The van der Waals surface area contributed by atoms with Crippen LogP contribution >= 0.6 is 0 Å². The highest BCUT2D eigenvalue weighted by molar-refractivity contribution is 5.89. The minimum absolute atomic E-state index is 0.0265. The van der Waals surface area contributed by atoms with E-state index in [1.807, 2.05) is 0 Å². The van der Waals surface area contributed by atoms with Crippen LogP contribution in [0.3, 0.4) is 0 Å². The Morgan fingerprint density at radius 2 is 2.20 bits per heavy atom. The number of carboxylic acids is 1. The van der Waals surface area contributed by atoms with Crippen LogP contribution in [-0.4, -0.2) is 34.7 Å². The van der Waals surface area contributed by atoms with Gasteiger partial charge in [0, 0.05) is 12.7 Å². The first-order valence-electron chi connectivity index (χ1n) is 9.12. The molecule has 0 spiro atoms. The average Bonchev–Trinajstić information content (AvgIpc) is 3.05. The van der Waals surface area contributed by atoms with E-state index in [9.17, 15) is 9.18 Å². The number of anilines is 1. The fraction of sp³-hybridized carbons (Fsp3) is 0.579. The first kappa shape index (κ1) is 17.9. The molecule has 0 aromatic carbocycles. The molecule has 1 aromatic rings. The van der Waals surface area contributed by atoms with Crippen LogP contribution in [0.2, 0.25) is 0 Å². The third-order valence-electron chi connectivity index (χ3n) is 5.33. The van der Waals surface area contributed by atoms with E-state index in [0.29, 0.717) is 5.56 Å². The lowest BCUT2D eigenvalue weighted by atomic mass is 9.79. The summed E-state index contributed by atoms with van der Waals surface area (Å²) in [5.74, 6) is -1.22. The fourth-order valence-electron chi connectivity index (χ4n) is 4.06. The van der Waals surface area contributed by atoms with Crippen LogP contribution in [0.1, 0.15) is 50.5 Å². The molecule has 0 radical (unpaired) electrons. The predicted molar refractivity (Wildman–Crippen MR) is 96.0 cm³/mol. The Balaban J connectivity index is 1.67. The van der Waals surface area contributed by atoms with Crippen LogP contribution < -0.4 is 10.6 Å². The monoisotopic (exact) mass is 347 g/mol. The number of nitrogens with zero attached hydrogens (tertiary/aromatic N) is 1. The van der Waals surface area contributed by atoms with E-state index in [0.717, 1.165) is 43.7 Å². The number of hydrogen-bond donors (Lipinski definition) is 3. The van der Waals surface area contributed by atoms with Crippen LogP contribution in [0, 0.1) is 5.92 Å². The molecule has 1 aromatic heterocycles. The third-order valence-corrected chi connectivity index (χ3v) is 5.33. The summed E-state index contributed by atoms with van der Waals surface area (Å²) in [6.07, 6.45) is 11.4. The lowest BCUT2D eigenvalue weighted by Gasteiger charge is -2.35. The van der Waals surface area contributed by atoms with E-state index < -0.39 is 11.8 Å². The average molecular weight is 347 g/mol. The molecule has 1 saturated heterocycles. The van der Waals surface area contributed by atoms with Gasteiger partial charge in [-0.15, -0.1) is 0 Å². The largest absolute Gasteiger partial charge is 0.476 e. The molecule has 2 fully saturated rings. The van der Waals surface area contributed by atoms with Gasteiger partial charge < -0.3 is 15.7 Å². The summed E-state index contributed by atoms with van der Waals surface area (Å²) in [7, 11) is 0. The number of hydrogen-bond acceptors (Lipinski definition) is 4. The second-order valence-corrected chi connectivity index (χ2v) is 7.31. The molecule has 0 unspecified atom stereocenters. The Morgan fingerprint density at radius 1 is 1.40 bits per heavy atom. The van der Waals surface area contributed by atoms with Gasteiger partial charge in [0.05, 0.1) is 5.54 Å². The number of carbonyl (C=O) groups is 1. The van der Waals surface area contributed by atoms with Gasteiger partial charge in [0.1, 0.15) is 5.82 Å². The van der Waals surface area contributed by atoms with Gasteiger partial charge in [-0.1, -0.05) is 32.1 Å².